The fourth-order valence-electron chi connectivity index (χ4n) is 2.21. The first-order chi connectivity index (χ1) is 9.04. The van der Waals surface area contributed by atoms with Crippen LogP contribution in [0.15, 0.2) is 23.4 Å². The lowest BCUT2D eigenvalue weighted by molar-refractivity contribution is 0.0767. The van der Waals surface area contributed by atoms with Crippen molar-refractivity contribution in [3.63, 3.8) is 0 Å². The Morgan fingerprint density at radius 2 is 2.11 bits per heavy atom. The van der Waals surface area contributed by atoms with Gasteiger partial charge in [-0.15, -0.1) is 0 Å². The predicted octanol–water partition coefficient (Wildman–Crippen LogP) is 0.449. The Kier molecular flexibility index (Phi) is 3.46. The van der Waals surface area contributed by atoms with Crippen molar-refractivity contribution in [2.24, 2.45) is 10.9 Å². The standard InChI is InChI=1S/C12H15N3O4/c13-11(14-19)8-2-1-5-15(8)12(18)7-3-4-9(16)10(17)6-7/h3-4,6,8,16-17,19H,1-2,5H2,(H2,13,14). The number of benzene rings is 1. The Morgan fingerprint density at radius 1 is 1.37 bits per heavy atom. The fraction of sp³-hybridized carbons (Fsp3) is 0.333. The van der Waals surface area contributed by atoms with E-state index in [1.165, 1.54) is 23.1 Å². The number of hydrogen-bond donors (Lipinski definition) is 4. The molecule has 5 N–H and O–H groups in total. The van der Waals surface area contributed by atoms with E-state index in [-0.39, 0.29) is 28.8 Å². The Labute approximate surface area is 109 Å². The quantitative estimate of drug-likeness (QED) is 0.203. The maximum absolute atomic E-state index is 12.3. The molecule has 19 heavy (non-hydrogen) atoms. The van der Waals surface area contributed by atoms with Crippen LogP contribution < -0.4 is 5.73 Å². The topological polar surface area (TPSA) is 119 Å². The average Bonchev–Trinajstić information content (AvgIpc) is 2.89. The third kappa shape index (κ3) is 2.40. The van der Waals surface area contributed by atoms with Gasteiger partial charge in [-0.1, -0.05) is 5.16 Å². The summed E-state index contributed by atoms with van der Waals surface area (Å²) in [6.07, 6.45) is 1.39. The van der Waals surface area contributed by atoms with Crippen LogP contribution in [0.3, 0.4) is 0 Å². The molecule has 1 aromatic rings. The number of hydrogen-bond acceptors (Lipinski definition) is 5. The minimum Gasteiger partial charge on any atom is -0.504 e. The first kappa shape index (κ1) is 13.0. The number of carbonyl (C=O) groups is 1. The predicted molar refractivity (Wildman–Crippen MR) is 67.2 cm³/mol. The number of oxime groups is 1. The van der Waals surface area contributed by atoms with Crippen LogP contribution in [-0.4, -0.2) is 44.6 Å². The molecule has 0 saturated carbocycles. The normalized spacial score (nSPS) is 19.7. The van der Waals surface area contributed by atoms with Gasteiger partial charge < -0.3 is 26.1 Å². The van der Waals surface area contributed by atoms with Crippen LogP contribution in [0.1, 0.15) is 23.2 Å². The van der Waals surface area contributed by atoms with Crippen molar-refractivity contribution >= 4 is 11.7 Å². The molecule has 0 aromatic heterocycles. The zero-order valence-electron chi connectivity index (χ0n) is 10.2. The van der Waals surface area contributed by atoms with Crippen LogP contribution >= 0.6 is 0 Å². The molecular formula is C12H15N3O4. The molecule has 1 fully saturated rings. The second-order valence-corrected chi connectivity index (χ2v) is 4.38. The molecule has 7 nitrogen and oxygen atoms in total. The van der Waals surface area contributed by atoms with E-state index in [4.69, 9.17) is 10.9 Å². The first-order valence-electron chi connectivity index (χ1n) is 5.85. The number of nitrogens with two attached hydrogens (primary N) is 1. The molecule has 0 aliphatic carbocycles. The summed E-state index contributed by atoms with van der Waals surface area (Å²) in [5.41, 5.74) is 5.80. The number of carbonyl (C=O) groups excluding carboxylic acids is 1. The van der Waals surface area contributed by atoms with Crippen molar-refractivity contribution in [1.82, 2.24) is 4.90 Å². The van der Waals surface area contributed by atoms with Gasteiger partial charge in [0.25, 0.3) is 5.91 Å². The van der Waals surface area contributed by atoms with Crippen LogP contribution in [0.4, 0.5) is 0 Å². The SMILES string of the molecule is N/C(=N/O)C1CCCN1C(=O)c1ccc(O)c(O)c1. The number of aromatic hydroxyl groups is 2. The molecule has 1 aliphatic rings. The highest BCUT2D eigenvalue weighted by Crippen LogP contribution is 2.27. The first-order valence-corrected chi connectivity index (χ1v) is 5.85. The number of amidine groups is 1. The third-order valence-electron chi connectivity index (χ3n) is 3.19. The molecule has 1 unspecified atom stereocenters. The van der Waals surface area contributed by atoms with Crippen LogP contribution in [-0.2, 0) is 0 Å². The number of amides is 1. The van der Waals surface area contributed by atoms with Gasteiger partial charge in [0.05, 0.1) is 6.04 Å². The molecule has 2 rings (SSSR count). The summed E-state index contributed by atoms with van der Waals surface area (Å²) in [4.78, 5) is 13.8. The molecular weight excluding hydrogens is 250 g/mol. The zero-order valence-corrected chi connectivity index (χ0v) is 10.2. The molecule has 7 heteroatoms. The molecule has 1 aliphatic heterocycles. The number of phenols is 2. The average molecular weight is 265 g/mol. The summed E-state index contributed by atoms with van der Waals surface area (Å²) in [5, 5.41) is 30.3. The minimum atomic E-state index is -0.437. The monoisotopic (exact) mass is 265 g/mol. The molecule has 0 spiro atoms. The highest BCUT2D eigenvalue weighted by Gasteiger charge is 2.32. The molecule has 1 heterocycles. The summed E-state index contributed by atoms with van der Waals surface area (Å²) >= 11 is 0. The van der Waals surface area contributed by atoms with Crippen molar-refractivity contribution in [3.8, 4) is 11.5 Å². The summed E-state index contributed by atoms with van der Waals surface area (Å²) in [7, 11) is 0. The Morgan fingerprint density at radius 3 is 2.74 bits per heavy atom. The van der Waals surface area contributed by atoms with Crippen molar-refractivity contribution in [2.45, 2.75) is 18.9 Å². The highest BCUT2D eigenvalue weighted by atomic mass is 16.4. The Bertz CT molecular complexity index is 530. The van der Waals surface area contributed by atoms with Gasteiger partial charge >= 0.3 is 0 Å². The van der Waals surface area contributed by atoms with E-state index in [1.54, 1.807) is 0 Å². The van der Waals surface area contributed by atoms with E-state index in [1.807, 2.05) is 0 Å². The summed E-state index contributed by atoms with van der Waals surface area (Å²) in [5.74, 6) is -0.977. The van der Waals surface area contributed by atoms with E-state index in [9.17, 15) is 15.0 Å². The summed E-state index contributed by atoms with van der Waals surface area (Å²) in [6.45, 7) is 0.501. The van der Waals surface area contributed by atoms with Gasteiger partial charge in [-0.05, 0) is 31.0 Å². The van der Waals surface area contributed by atoms with Crippen molar-refractivity contribution in [1.29, 1.82) is 0 Å². The molecule has 1 amide bonds. The molecule has 0 radical (unpaired) electrons. The van der Waals surface area contributed by atoms with Crippen molar-refractivity contribution < 1.29 is 20.2 Å². The molecule has 102 valence electrons. The van der Waals surface area contributed by atoms with Gasteiger partial charge in [0.1, 0.15) is 0 Å². The maximum Gasteiger partial charge on any atom is 0.254 e. The van der Waals surface area contributed by atoms with Gasteiger partial charge in [-0.25, -0.2) is 0 Å². The minimum absolute atomic E-state index is 0.00569. The maximum atomic E-state index is 12.3. The van der Waals surface area contributed by atoms with E-state index in [0.29, 0.717) is 13.0 Å². The zero-order chi connectivity index (χ0) is 14.0. The van der Waals surface area contributed by atoms with Crippen LogP contribution in [0.5, 0.6) is 11.5 Å². The van der Waals surface area contributed by atoms with Crippen LogP contribution in [0.25, 0.3) is 0 Å². The molecule has 1 atom stereocenters. The lowest BCUT2D eigenvalue weighted by atomic mass is 10.1. The van der Waals surface area contributed by atoms with Gasteiger partial charge in [0, 0.05) is 12.1 Å². The van der Waals surface area contributed by atoms with Gasteiger partial charge in [-0.2, -0.15) is 0 Å². The van der Waals surface area contributed by atoms with Gasteiger partial charge in [0.15, 0.2) is 17.3 Å². The largest absolute Gasteiger partial charge is 0.504 e. The molecule has 1 aromatic carbocycles. The van der Waals surface area contributed by atoms with Crippen LogP contribution in [0, 0.1) is 0 Å². The highest BCUT2D eigenvalue weighted by molar-refractivity contribution is 5.99. The number of likely N-dealkylation sites (tertiary alicyclic amines) is 1. The second-order valence-electron chi connectivity index (χ2n) is 4.38. The summed E-state index contributed by atoms with van der Waals surface area (Å²) in [6, 6.07) is 3.42. The fourth-order valence-corrected chi connectivity index (χ4v) is 2.21. The van der Waals surface area contributed by atoms with E-state index < -0.39 is 6.04 Å². The van der Waals surface area contributed by atoms with Gasteiger partial charge in [0.2, 0.25) is 0 Å². The second kappa shape index (κ2) is 5.05. The third-order valence-corrected chi connectivity index (χ3v) is 3.19. The van der Waals surface area contributed by atoms with Crippen molar-refractivity contribution in [2.75, 3.05) is 6.54 Å². The molecule has 1 saturated heterocycles. The number of phenolic OH excluding ortho intramolecular Hbond substituents is 2. The summed E-state index contributed by atoms with van der Waals surface area (Å²) < 4.78 is 0. The number of rotatable bonds is 2. The lowest BCUT2D eigenvalue weighted by Crippen LogP contribution is -2.43. The van der Waals surface area contributed by atoms with Crippen LogP contribution in [0.2, 0.25) is 0 Å². The smallest absolute Gasteiger partial charge is 0.254 e. The Balaban J connectivity index is 2.25. The Hall–Kier alpha value is -2.44. The molecule has 0 bridgehead atoms. The van der Waals surface area contributed by atoms with E-state index >= 15 is 0 Å². The van der Waals surface area contributed by atoms with Crippen molar-refractivity contribution in [3.05, 3.63) is 23.8 Å². The number of nitrogens with zero attached hydrogens (tertiary/aromatic N) is 2. The van der Waals surface area contributed by atoms with Gasteiger partial charge in [-0.3, -0.25) is 4.79 Å². The lowest BCUT2D eigenvalue weighted by Gasteiger charge is -2.23. The van der Waals surface area contributed by atoms with E-state index in [2.05, 4.69) is 5.16 Å². The van der Waals surface area contributed by atoms with E-state index in [0.717, 1.165) is 6.42 Å².